The topological polar surface area (TPSA) is 42.0 Å². The maximum Gasteiger partial charge on any atom is 0.251 e. The standard InChI is InChI=1S/C16H18N2O/c1-3-15-9-6-13(10-17-15)11-18-16(19)14-7-4-12(2)5-8-14/h4-10H,3,11H2,1-2H3,(H,18,19). The molecule has 2 aromatic rings. The highest BCUT2D eigenvalue weighted by Gasteiger charge is 2.04. The Bertz CT molecular complexity index is 544. The lowest BCUT2D eigenvalue weighted by molar-refractivity contribution is 0.0951. The van der Waals surface area contributed by atoms with Crippen molar-refractivity contribution in [2.75, 3.05) is 0 Å². The monoisotopic (exact) mass is 254 g/mol. The largest absolute Gasteiger partial charge is 0.348 e. The molecular weight excluding hydrogens is 236 g/mol. The molecule has 0 bridgehead atoms. The Balaban J connectivity index is 1.94. The fraction of sp³-hybridized carbons (Fsp3) is 0.250. The Kier molecular flexibility index (Phi) is 4.29. The second-order valence-corrected chi connectivity index (χ2v) is 4.56. The van der Waals surface area contributed by atoms with Crippen molar-refractivity contribution in [3.8, 4) is 0 Å². The van der Waals surface area contributed by atoms with Gasteiger partial charge >= 0.3 is 0 Å². The molecule has 0 aliphatic heterocycles. The smallest absolute Gasteiger partial charge is 0.251 e. The average molecular weight is 254 g/mol. The zero-order valence-corrected chi connectivity index (χ0v) is 11.3. The van der Waals surface area contributed by atoms with Crippen molar-refractivity contribution in [2.45, 2.75) is 26.8 Å². The SMILES string of the molecule is CCc1ccc(CNC(=O)c2ccc(C)cc2)cn1. The minimum absolute atomic E-state index is 0.0560. The van der Waals surface area contributed by atoms with E-state index in [4.69, 9.17) is 0 Å². The molecule has 0 fully saturated rings. The van der Waals surface area contributed by atoms with E-state index >= 15 is 0 Å². The van der Waals surface area contributed by atoms with Crippen molar-refractivity contribution < 1.29 is 4.79 Å². The van der Waals surface area contributed by atoms with Crippen LogP contribution in [-0.4, -0.2) is 10.9 Å². The van der Waals surface area contributed by atoms with Gasteiger partial charge in [-0.25, -0.2) is 0 Å². The first-order valence-corrected chi connectivity index (χ1v) is 6.47. The number of aromatic nitrogens is 1. The highest BCUT2D eigenvalue weighted by molar-refractivity contribution is 5.94. The summed E-state index contributed by atoms with van der Waals surface area (Å²) in [5, 5.41) is 2.89. The highest BCUT2D eigenvalue weighted by atomic mass is 16.1. The average Bonchev–Trinajstić information content (AvgIpc) is 2.46. The van der Waals surface area contributed by atoms with Gasteiger partial charge in [0.05, 0.1) is 0 Å². The van der Waals surface area contributed by atoms with Crippen LogP contribution >= 0.6 is 0 Å². The third kappa shape index (κ3) is 3.65. The van der Waals surface area contributed by atoms with Crippen LogP contribution in [0.5, 0.6) is 0 Å². The summed E-state index contributed by atoms with van der Waals surface area (Å²) in [5.74, 6) is -0.0560. The predicted octanol–water partition coefficient (Wildman–Crippen LogP) is 2.88. The second kappa shape index (κ2) is 6.14. The number of carbonyl (C=O) groups is 1. The normalized spacial score (nSPS) is 10.2. The van der Waals surface area contributed by atoms with Gasteiger partial charge in [-0.3, -0.25) is 9.78 Å². The molecule has 1 aromatic heterocycles. The number of benzene rings is 1. The molecule has 3 nitrogen and oxygen atoms in total. The maximum absolute atomic E-state index is 11.9. The fourth-order valence-corrected chi connectivity index (χ4v) is 1.76. The van der Waals surface area contributed by atoms with Gasteiger partial charge in [0, 0.05) is 24.0 Å². The molecule has 1 heterocycles. The van der Waals surface area contributed by atoms with Crippen molar-refractivity contribution in [3.63, 3.8) is 0 Å². The number of hydrogen-bond donors (Lipinski definition) is 1. The molecule has 0 saturated heterocycles. The van der Waals surface area contributed by atoms with Crippen LogP contribution in [0.25, 0.3) is 0 Å². The lowest BCUT2D eigenvalue weighted by atomic mass is 10.1. The van der Waals surface area contributed by atoms with E-state index in [2.05, 4.69) is 17.2 Å². The Morgan fingerprint density at radius 1 is 1.16 bits per heavy atom. The number of nitrogens with one attached hydrogen (secondary N) is 1. The minimum atomic E-state index is -0.0560. The van der Waals surface area contributed by atoms with E-state index in [0.29, 0.717) is 12.1 Å². The van der Waals surface area contributed by atoms with Gasteiger partial charge in [-0.15, -0.1) is 0 Å². The van der Waals surface area contributed by atoms with E-state index in [9.17, 15) is 4.79 Å². The van der Waals surface area contributed by atoms with Gasteiger partial charge in [0.25, 0.3) is 5.91 Å². The molecule has 2 rings (SSSR count). The number of hydrogen-bond acceptors (Lipinski definition) is 2. The van der Waals surface area contributed by atoms with E-state index in [-0.39, 0.29) is 5.91 Å². The summed E-state index contributed by atoms with van der Waals surface area (Å²) in [5.41, 5.74) is 3.91. The number of pyridine rings is 1. The lowest BCUT2D eigenvalue weighted by Gasteiger charge is -2.06. The van der Waals surface area contributed by atoms with Crippen LogP contribution in [0, 0.1) is 6.92 Å². The number of aryl methyl sites for hydroxylation is 2. The molecule has 1 N–H and O–H groups in total. The summed E-state index contributed by atoms with van der Waals surface area (Å²) in [6, 6.07) is 11.5. The van der Waals surface area contributed by atoms with Crippen LogP contribution in [0.1, 0.15) is 34.1 Å². The number of nitrogens with zero attached hydrogens (tertiary/aromatic N) is 1. The Morgan fingerprint density at radius 3 is 2.47 bits per heavy atom. The molecule has 0 radical (unpaired) electrons. The van der Waals surface area contributed by atoms with E-state index < -0.39 is 0 Å². The summed E-state index contributed by atoms with van der Waals surface area (Å²) in [6.45, 7) is 4.58. The van der Waals surface area contributed by atoms with Crippen molar-refractivity contribution in [2.24, 2.45) is 0 Å². The molecule has 0 aliphatic carbocycles. The first-order valence-electron chi connectivity index (χ1n) is 6.47. The molecule has 0 atom stereocenters. The summed E-state index contributed by atoms with van der Waals surface area (Å²) < 4.78 is 0. The van der Waals surface area contributed by atoms with E-state index in [0.717, 1.165) is 23.2 Å². The van der Waals surface area contributed by atoms with Gasteiger partial charge in [-0.2, -0.15) is 0 Å². The molecule has 0 unspecified atom stereocenters. The maximum atomic E-state index is 11.9. The Hall–Kier alpha value is -2.16. The molecule has 0 saturated carbocycles. The van der Waals surface area contributed by atoms with Crippen LogP contribution in [-0.2, 0) is 13.0 Å². The highest BCUT2D eigenvalue weighted by Crippen LogP contribution is 2.04. The summed E-state index contributed by atoms with van der Waals surface area (Å²) in [4.78, 5) is 16.2. The van der Waals surface area contributed by atoms with Gasteiger partial charge < -0.3 is 5.32 Å². The van der Waals surface area contributed by atoms with E-state index in [1.165, 1.54) is 0 Å². The fourth-order valence-electron chi connectivity index (χ4n) is 1.76. The Labute approximate surface area is 113 Å². The molecule has 0 aliphatic rings. The van der Waals surface area contributed by atoms with Gasteiger partial charge in [-0.1, -0.05) is 30.7 Å². The van der Waals surface area contributed by atoms with Crippen molar-refractivity contribution in [1.82, 2.24) is 10.3 Å². The van der Waals surface area contributed by atoms with Gasteiger partial charge in [-0.05, 0) is 37.1 Å². The zero-order valence-electron chi connectivity index (χ0n) is 11.3. The van der Waals surface area contributed by atoms with Crippen molar-refractivity contribution in [1.29, 1.82) is 0 Å². The summed E-state index contributed by atoms with van der Waals surface area (Å²) in [7, 11) is 0. The van der Waals surface area contributed by atoms with Crippen LogP contribution in [0.2, 0.25) is 0 Å². The third-order valence-electron chi connectivity index (χ3n) is 3.02. The van der Waals surface area contributed by atoms with Crippen LogP contribution in [0.4, 0.5) is 0 Å². The predicted molar refractivity (Wildman–Crippen MR) is 76.0 cm³/mol. The summed E-state index contributed by atoms with van der Waals surface area (Å²) in [6.07, 6.45) is 2.74. The Morgan fingerprint density at radius 2 is 1.89 bits per heavy atom. The summed E-state index contributed by atoms with van der Waals surface area (Å²) >= 11 is 0. The number of carbonyl (C=O) groups excluding carboxylic acids is 1. The van der Waals surface area contributed by atoms with E-state index in [1.807, 2.05) is 49.5 Å². The first-order chi connectivity index (χ1) is 9.19. The number of rotatable bonds is 4. The van der Waals surface area contributed by atoms with Crippen molar-refractivity contribution in [3.05, 3.63) is 65.0 Å². The van der Waals surface area contributed by atoms with E-state index in [1.54, 1.807) is 0 Å². The lowest BCUT2D eigenvalue weighted by Crippen LogP contribution is -2.22. The minimum Gasteiger partial charge on any atom is -0.348 e. The van der Waals surface area contributed by atoms with Gasteiger partial charge in [0.2, 0.25) is 0 Å². The molecular formula is C16H18N2O. The van der Waals surface area contributed by atoms with Crippen LogP contribution < -0.4 is 5.32 Å². The quantitative estimate of drug-likeness (QED) is 0.911. The second-order valence-electron chi connectivity index (χ2n) is 4.56. The molecule has 1 aromatic carbocycles. The van der Waals surface area contributed by atoms with Gasteiger partial charge in [0.15, 0.2) is 0 Å². The van der Waals surface area contributed by atoms with Crippen LogP contribution in [0.15, 0.2) is 42.6 Å². The zero-order chi connectivity index (χ0) is 13.7. The molecule has 19 heavy (non-hydrogen) atoms. The van der Waals surface area contributed by atoms with Gasteiger partial charge in [0.1, 0.15) is 0 Å². The molecule has 1 amide bonds. The van der Waals surface area contributed by atoms with Crippen molar-refractivity contribution >= 4 is 5.91 Å². The third-order valence-corrected chi connectivity index (χ3v) is 3.02. The molecule has 98 valence electrons. The molecule has 0 spiro atoms. The van der Waals surface area contributed by atoms with Crippen LogP contribution in [0.3, 0.4) is 0 Å². The number of amides is 1. The first kappa shape index (κ1) is 13.3. The molecule has 3 heteroatoms.